The zero-order valence-corrected chi connectivity index (χ0v) is 14.1. The third-order valence-corrected chi connectivity index (χ3v) is 8.70. The molecule has 0 aromatic heterocycles. The van der Waals surface area contributed by atoms with Gasteiger partial charge in [-0.25, -0.2) is 4.79 Å². The lowest BCUT2D eigenvalue weighted by Gasteiger charge is -2.43. The van der Waals surface area contributed by atoms with Crippen LogP contribution in [0.1, 0.15) is 33.6 Å². The molecule has 1 unspecified atom stereocenters. The highest BCUT2D eigenvalue weighted by Gasteiger charge is 2.40. The molecular weight excluding hydrogens is 260 g/mol. The number of rotatable bonds is 3. The molecule has 19 heavy (non-hydrogen) atoms. The van der Waals surface area contributed by atoms with Crippen LogP contribution in [0.4, 0.5) is 4.79 Å². The van der Waals surface area contributed by atoms with Crippen molar-refractivity contribution in [1.82, 2.24) is 9.96 Å². The Hall–Kier alpha value is -0.593. The van der Waals surface area contributed by atoms with Crippen molar-refractivity contribution in [2.75, 3.05) is 20.1 Å². The number of carbonyl (C=O) groups is 1. The van der Waals surface area contributed by atoms with E-state index in [1.54, 1.807) is 7.05 Å². The number of amides is 1. The third-order valence-electron chi connectivity index (χ3n) is 4.37. The van der Waals surface area contributed by atoms with Crippen LogP contribution in [0.15, 0.2) is 0 Å². The van der Waals surface area contributed by atoms with E-state index in [9.17, 15) is 4.79 Å². The van der Waals surface area contributed by atoms with E-state index in [1.807, 2.05) is 5.06 Å². The molecule has 1 aliphatic heterocycles. The summed E-state index contributed by atoms with van der Waals surface area (Å²) in [6.07, 6.45) is 1.04. The number of likely N-dealkylation sites (N-methyl/N-ethyl adjacent to an activating group) is 1. The molecule has 0 saturated carbocycles. The largest absolute Gasteiger partial charge is 0.465 e. The van der Waals surface area contributed by atoms with E-state index in [2.05, 4.69) is 33.9 Å². The van der Waals surface area contributed by atoms with E-state index in [1.165, 1.54) is 4.90 Å². The van der Waals surface area contributed by atoms with Crippen molar-refractivity contribution in [2.24, 2.45) is 0 Å². The third kappa shape index (κ3) is 4.19. The van der Waals surface area contributed by atoms with Crippen LogP contribution in [0.25, 0.3) is 0 Å². The molecule has 112 valence electrons. The van der Waals surface area contributed by atoms with Crippen molar-refractivity contribution in [3.63, 3.8) is 0 Å². The fourth-order valence-electron chi connectivity index (χ4n) is 1.94. The van der Waals surface area contributed by atoms with Crippen molar-refractivity contribution < 1.29 is 14.4 Å². The van der Waals surface area contributed by atoms with Crippen LogP contribution in [-0.2, 0) is 4.53 Å². The van der Waals surface area contributed by atoms with Crippen LogP contribution in [0.3, 0.4) is 0 Å². The summed E-state index contributed by atoms with van der Waals surface area (Å²) in [7, 11) is -0.182. The van der Waals surface area contributed by atoms with Gasteiger partial charge in [-0.2, -0.15) is 5.06 Å². The summed E-state index contributed by atoms with van der Waals surface area (Å²) in [5.41, 5.74) is 0. The van der Waals surface area contributed by atoms with Crippen LogP contribution in [0.2, 0.25) is 18.1 Å². The van der Waals surface area contributed by atoms with Crippen molar-refractivity contribution >= 4 is 14.4 Å². The Bertz CT molecular complexity index is 328. The number of piperidine rings is 1. The summed E-state index contributed by atoms with van der Waals surface area (Å²) < 4.78 is 6.26. The number of nitrogens with zero attached hydrogens (tertiary/aromatic N) is 2. The predicted molar refractivity (Wildman–Crippen MR) is 78.7 cm³/mol. The molecule has 1 heterocycles. The molecule has 0 aromatic rings. The summed E-state index contributed by atoms with van der Waals surface area (Å²) in [4.78, 5) is 12.4. The van der Waals surface area contributed by atoms with E-state index in [0.717, 1.165) is 19.4 Å². The number of carboxylic acid groups (broad SMARTS) is 1. The highest BCUT2D eigenvalue weighted by atomic mass is 28.4. The molecule has 0 aliphatic carbocycles. The van der Waals surface area contributed by atoms with Crippen molar-refractivity contribution in [2.45, 2.75) is 57.8 Å². The van der Waals surface area contributed by atoms with Gasteiger partial charge in [0.15, 0.2) is 0 Å². The van der Waals surface area contributed by atoms with E-state index >= 15 is 0 Å². The Morgan fingerprint density at radius 3 is 2.47 bits per heavy atom. The molecule has 1 atom stereocenters. The van der Waals surface area contributed by atoms with Gasteiger partial charge in [-0.15, -0.1) is 0 Å². The molecule has 1 amide bonds. The Labute approximate surface area is 117 Å². The van der Waals surface area contributed by atoms with Gasteiger partial charge in [0.05, 0.1) is 0 Å². The maximum atomic E-state index is 11.0. The maximum Gasteiger partial charge on any atom is 0.407 e. The van der Waals surface area contributed by atoms with Crippen LogP contribution in [0, 0.1) is 0 Å². The van der Waals surface area contributed by atoms with Crippen LogP contribution in [0.5, 0.6) is 0 Å². The average molecular weight is 288 g/mol. The van der Waals surface area contributed by atoms with E-state index in [4.69, 9.17) is 9.63 Å². The summed E-state index contributed by atoms with van der Waals surface area (Å²) in [6, 6.07) is 0.0380. The zero-order valence-electron chi connectivity index (χ0n) is 13.1. The predicted octanol–water partition coefficient (Wildman–Crippen LogP) is 3.00. The summed E-state index contributed by atoms with van der Waals surface area (Å²) in [5.74, 6) is 0. The van der Waals surface area contributed by atoms with Gasteiger partial charge < -0.3 is 14.5 Å². The van der Waals surface area contributed by atoms with Gasteiger partial charge in [0.1, 0.15) is 0 Å². The molecule has 1 fully saturated rings. The molecule has 0 spiro atoms. The molecule has 6 heteroatoms. The fraction of sp³-hybridized carbons (Fsp3) is 0.923. The topological polar surface area (TPSA) is 53.0 Å². The van der Waals surface area contributed by atoms with Gasteiger partial charge in [-0.1, -0.05) is 20.8 Å². The molecular formula is C13H28N2O3Si. The lowest BCUT2D eigenvalue weighted by Crippen LogP contribution is -2.53. The summed E-state index contributed by atoms with van der Waals surface area (Å²) >= 11 is 0. The highest BCUT2D eigenvalue weighted by Crippen LogP contribution is 2.37. The minimum atomic E-state index is -1.82. The van der Waals surface area contributed by atoms with Gasteiger partial charge in [0.2, 0.25) is 8.32 Å². The van der Waals surface area contributed by atoms with E-state index < -0.39 is 14.4 Å². The first-order chi connectivity index (χ1) is 8.54. The van der Waals surface area contributed by atoms with Gasteiger partial charge in [0, 0.05) is 26.2 Å². The first-order valence-corrected chi connectivity index (χ1v) is 9.85. The standard InChI is InChI=1S/C13H28N2O3Si/c1-13(2,3)19(5,6)18-15-9-7-8-11(10-15)14(4)12(16)17/h11H,7-10H2,1-6H3,(H,16,17). The van der Waals surface area contributed by atoms with Crippen LogP contribution < -0.4 is 0 Å². The first-order valence-electron chi connectivity index (χ1n) is 6.94. The SMILES string of the molecule is CN(C(=O)O)C1CCCN(O[Si](C)(C)C(C)(C)C)C1. The lowest BCUT2D eigenvalue weighted by molar-refractivity contribution is -0.103. The Morgan fingerprint density at radius 2 is 2.00 bits per heavy atom. The van der Waals surface area contributed by atoms with Gasteiger partial charge >= 0.3 is 6.09 Å². The Kier molecular flexibility index (Phi) is 5.03. The number of hydroxylamine groups is 2. The Morgan fingerprint density at radius 1 is 1.42 bits per heavy atom. The minimum Gasteiger partial charge on any atom is -0.465 e. The zero-order chi connectivity index (χ0) is 14.8. The second kappa shape index (κ2) is 5.81. The quantitative estimate of drug-likeness (QED) is 0.811. The van der Waals surface area contributed by atoms with Crippen LogP contribution >= 0.6 is 0 Å². The molecule has 0 aromatic carbocycles. The van der Waals surface area contributed by atoms with E-state index in [0.29, 0.717) is 6.54 Å². The summed E-state index contributed by atoms with van der Waals surface area (Å²) in [6.45, 7) is 12.7. The molecule has 0 radical (unpaired) electrons. The molecule has 1 rings (SSSR count). The molecule has 1 aliphatic rings. The van der Waals surface area contributed by atoms with E-state index in [-0.39, 0.29) is 11.1 Å². The fourth-order valence-corrected chi connectivity index (χ4v) is 3.02. The number of hydrogen-bond acceptors (Lipinski definition) is 3. The molecule has 5 nitrogen and oxygen atoms in total. The minimum absolute atomic E-state index is 0.0380. The lowest BCUT2D eigenvalue weighted by atomic mass is 10.1. The van der Waals surface area contributed by atoms with Gasteiger partial charge in [0.25, 0.3) is 0 Å². The maximum absolute atomic E-state index is 11.0. The average Bonchev–Trinajstić information content (AvgIpc) is 2.26. The number of hydrogen-bond donors (Lipinski definition) is 1. The summed E-state index contributed by atoms with van der Waals surface area (Å²) in [5, 5.41) is 11.2. The molecule has 1 saturated heterocycles. The smallest absolute Gasteiger partial charge is 0.407 e. The molecule has 0 bridgehead atoms. The van der Waals surface area contributed by atoms with Crippen molar-refractivity contribution in [1.29, 1.82) is 0 Å². The second-order valence-electron chi connectivity index (χ2n) is 6.93. The van der Waals surface area contributed by atoms with Gasteiger partial charge in [-0.05, 0) is 31.0 Å². The van der Waals surface area contributed by atoms with Crippen molar-refractivity contribution in [3.8, 4) is 0 Å². The van der Waals surface area contributed by atoms with Gasteiger partial charge in [-0.3, -0.25) is 0 Å². The second-order valence-corrected chi connectivity index (χ2v) is 11.6. The normalized spacial score (nSPS) is 22.3. The monoisotopic (exact) mass is 288 g/mol. The van der Waals surface area contributed by atoms with Crippen molar-refractivity contribution in [3.05, 3.63) is 0 Å². The highest BCUT2D eigenvalue weighted by molar-refractivity contribution is 6.74. The molecule has 1 N–H and O–H groups in total. The first kappa shape index (κ1) is 16.5. The Balaban J connectivity index is 2.63. The van der Waals surface area contributed by atoms with Crippen LogP contribution in [-0.4, -0.2) is 55.7 Å².